The number of anilines is 2. The normalized spacial score (nSPS) is 10.2. The van der Waals surface area contributed by atoms with E-state index in [1.54, 1.807) is 20.0 Å². The molecule has 0 aliphatic heterocycles. The van der Waals surface area contributed by atoms with Crippen LogP contribution in [-0.2, 0) is 7.05 Å². The van der Waals surface area contributed by atoms with Crippen molar-refractivity contribution in [2.24, 2.45) is 12.9 Å². The number of nitro benzene ring substituents is 1. The van der Waals surface area contributed by atoms with E-state index in [4.69, 9.17) is 5.84 Å². The maximum absolute atomic E-state index is 12.2. The summed E-state index contributed by atoms with van der Waals surface area (Å²) < 4.78 is 1.48. The maximum atomic E-state index is 12.2. The van der Waals surface area contributed by atoms with Crippen molar-refractivity contribution >= 4 is 23.1 Å². The van der Waals surface area contributed by atoms with E-state index >= 15 is 0 Å². The van der Waals surface area contributed by atoms with Crippen LogP contribution in [0.2, 0.25) is 0 Å². The molecule has 0 atom stereocenters. The van der Waals surface area contributed by atoms with Crippen LogP contribution in [0, 0.1) is 17.0 Å². The average Bonchev–Trinajstić information content (AvgIpc) is 2.75. The predicted molar refractivity (Wildman–Crippen MR) is 76.8 cm³/mol. The molecule has 9 nitrogen and oxygen atoms in total. The van der Waals surface area contributed by atoms with E-state index in [0.29, 0.717) is 5.82 Å². The molecule has 1 heterocycles. The number of hydrazine groups is 1. The van der Waals surface area contributed by atoms with Crippen LogP contribution >= 0.6 is 0 Å². The second-order valence-electron chi connectivity index (χ2n) is 4.35. The molecule has 21 heavy (non-hydrogen) atoms. The Labute approximate surface area is 119 Å². The summed E-state index contributed by atoms with van der Waals surface area (Å²) in [7, 11) is 1.66. The number of hydrogen-bond acceptors (Lipinski definition) is 6. The SMILES string of the molecule is Cc1cc(NC(=O)c2cccc(NN)c2[N+](=O)[O-])n(C)n1. The third kappa shape index (κ3) is 2.82. The molecule has 0 saturated carbocycles. The average molecular weight is 290 g/mol. The second-order valence-corrected chi connectivity index (χ2v) is 4.35. The fourth-order valence-electron chi connectivity index (χ4n) is 1.95. The van der Waals surface area contributed by atoms with Crippen molar-refractivity contribution in [2.75, 3.05) is 10.7 Å². The fourth-order valence-corrected chi connectivity index (χ4v) is 1.95. The minimum Gasteiger partial charge on any atom is -0.318 e. The molecule has 0 fully saturated rings. The minimum absolute atomic E-state index is 0.0637. The van der Waals surface area contributed by atoms with E-state index in [-0.39, 0.29) is 16.9 Å². The number of amides is 1. The number of hydrogen-bond donors (Lipinski definition) is 3. The van der Waals surface area contributed by atoms with Crippen LogP contribution in [-0.4, -0.2) is 20.6 Å². The highest BCUT2D eigenvalue weighted by Crippen LogP contribution is 2.28. The van der Waals surface area contributed by atoms with Crippen LogP contribution in [0.25, 0.3) is 0 Å². The number of aryl methyl sites for hydroxylation is 2. The third-order valence-corrected chi connectivity index (χ3v) is 2.86. The molecule has 0 spiro atoms. The lowest BCUT2D eigenvalue weighted by atomic mass is 10.1. The Hall–Kier alpha value is -2.94. The van der Waals surface area contributed by atoms with Crippen molar-refractivity contribution in [3.05, 3.63) is 45.6 Å². The van der Waals surface area contributed by atoms with Gasteiger partial charge in [0.1, 0.15) is 17.1 Å². The van der Waals surface area contributed by atoms with E-state index < -0.39 is 10.8 Å². The molecule has 1 aromatic carbocycles. The number of aromatic nitrogens is 2. The topological polar surface area (TPSA) is 128 Å². The Kier molecular flexibility index (Phi) is 3.85. The van der Waals surface area contributed by atoms with Gasteiger partial charge < -0.3 is 10.7 Å². The first-order valence-electron chi connectivity index (χ1n) is 6.00. The monoisotopic (exact) mass is 290 g/mol. The van der Waals surface area contributed by atoms with Crippen LogP contribution < -0.4 is 16.6 Å². The molecule has 0 bridgehead atoms. The van der Waals surface area contributed by atoms with E-state index in [0.717, 1.165) is 5.69 Å². The number of nitrogen functional groups attached to an aromatic ring is 1. The van der Waals surface area contributed by atoms with Gasteiger partial charge in [0.2, 0.25) is 0 Å². The maximum Gasteiger partial charge on any atom is 0.306 e. The van der Waals surface area contributed by atoms with E-state index in [2.05, 4.69) is 15.8 Å². The lowest BCUT2D eigenvalue weighted by molar-refractivity contribution is -0.384. The fraction of sp³-hybridized carbons (Fsp3) is 0.167. The highest BCUT2D eigenvalue weighted by molar-refractivity contribution is 6.08. The molecule has 1 aromatic heterocycles. The zero-order chi connectivity index (χ0) is 15.6. The van der Waals surface area contributed by atoms with Gasteiger partial charge in [-0.2, -0.15) is 5.10 Å². The number of benzene rings is 1. The van der Waals surface area contributed by atoms with Crippen molar-refractivity contribution in [2.45, 2.75) is 6.92 Å². The van der Waals surface area contributed by atoms with Crippen molar-refractivity contribution in [3.63, 3.8) is 0 Å². The number of rotatable bonds is 4. The highest BCUT2D eigenvalue weighted by Gasteiger charge is 2.24. The molecule has 2 rings (SSSR count). The zero-order valence-electron chi connectivity index (χ0n) is 11.5. The van der Waals surface area contributed by atoms with Gasteiger partial charge >= 0.3 is 5.69 Å². The van der Waals surface area contributed by atoms with Crippen molar-refractivity contribution in [1.82, 2.24) is 9.78 Å². The number of carbonyl (C=O) groups is 1. The number of carbonyl (C=O) groups excluding carboxylic acids is 1. The standard InChI is InChI=1S/C12H14N6O3/c1-7-6-10(17(2)16-7)14-12(19)8-4-3-5-9(15-13)11(8)18(20)21/h3-6,15H,13H2,1-2H3,(H,14,19). The Morgan fingerprint density at radius 3 is 2.71 bits per heavy atom. The molecule has 0 unspecified atom stereocenters. The van der Waals surface area contributed by atoms with Gasteiger partial charge in [-0.15, -0.1) is 0 Å². The molecule has 0 aliphatic carbocycles. The van der Waals surface area contributed by atoms with Crippen LogP contribution in [0.5, 0.6) is 0 Å². The summed E-state index contributed by atoms with van der Waals surface area (Å²) >= 11 is 0. The minimum atomic E-state index is -0.654. The highest BCUT2D eigenvalue weighted by atomic mass is 16.6. The van der Waals surface area contributed by atoms with Gasteiger partial charge in [-0.3, -0.25) is 25.4 Å². The van der Waals surface area contributed by atoms with Gasteiger partial charge in [-0.05, 0) is 19.1 Å². The molecule has 0 radical (unpaired) electrons. The van der Waals surface area contributed by atoms with Gasteiger partial charge in [-0.25, -0.2) is 0 Å². The largest absolute Gasteiger partial charge is 0.318 e. The zero-order valence-corrected chi connectivity index (χ0v) is 11.5. The van der Waals surface area contributed by atoms with Gasteiger partial charge in [0, 0.05) is 13.1 Å². The predicted octanol–water partition coefficient (Wildman–Crippen LogP) is 1.17. The Morgan fingerprint density at radius 2 is 2.19 bits per heavy atom. The van der Waals surface area contributed by atoms with Crippen LogP contribution in [0.4, 0.5) is 17.2 Å². The van der Waals surface area contributed by atoms with E-state index in [1.807, 2.05) is 0 Å². The Morgan fingerprint density at radius 1 is 1.48 bits per heavy atom. The molecule has 1 amide bonds. The Bertz CT molecular complexity index is 709. The second kappa shape index (κ2) is 5.59. The number of para-hydroxylation sites is 1. The Balaban J connectivity index is 2.40. The summed E-state index contributed by atoms with van der Waals surface area (Å²) in [6, 6.07) is 5.95. The smallest absolute Gasteiger partial charge is 0.306 e. The first kappa shape index (κ1) is 14.5. The first-order chi connectivity index (χ1) is 9.93. The molecule has 0 aliphatic rings. The van der Waals surface area contributed by atoms with Gasteiger partial charge in [0.05, 0.1) is 10.6 Å². The first-order valence-corrected chi connectivity index (χ1v) is 6.00. The lowest BCUT2D eigenvalue weighted by Crippen LogP contribution is -2.18. The number of nitro groups is 1. The molecule has 4 N–H and O–H groups in total. The third-order valence-electron chi connectivity index (χ3n) is 2.86. The molecule has 0 saturated heterocycles. The van der Waals surface area contributed by atoms with E-state index in [1.165, 1.54) is 22.9 Å². The summed E-state index contributed by atoms with van der Waals surface area (Å²) in [5, 5.41) is 17.8. The molecule has 9 heteroatoms. The molecule has 110 valence electrons. The summed E-state index contributed by atoms with van der Waals surface area (Å²) in [5.74, 6) is 5.07. The van der Waals surface area contributed by atoms with Crippen molar-refractivity contribution in [1.29, 1.82) is 0 Å². The number of nitrogens with one attached hydrogen (secondary N) is 2. The van der Waals surface area contributed by atoms with Crippen molar-refractivity contribution in [3.8, 4) is 0 Å². The summed E-state index contributed by atoms with van der Waals surface area (Å²) in [6.45, 7) is 1.77. The summed E-state index contributed by atoms with van der Waals surface area (Å²) in [5.41, 5.74) is 2.53. The summed E-state index contributed by atoms with van der Waals surface area (Å²) in [6.07, 6.45) is 0. The van der Waals surface area contributed by atoms with E-state index in [9.17, 15) is 14.9 Å². The van der Waals surface area contributed by atoms with Gasteiger partial charge in [0.25, 0.3) is 5.91 Å². The number of nitrogens with two attached hydrogens (primary N) is 1. The molecular weight excluding hydrogens is 276 g/mol. The summed E-state index contributed by atoms with van der Waals surface area (Å²) in [4.78, 5) is 22.7. The van der Waals surface area contributed by atoms with Crippen LogP contribution in [0.1, 0.15) is 16.1 Å². The number of nitrogens with zero attached hydrogens (tertiary/aromatic N) is 3. The quantitative estimate of drug-likeness (QED) is 0.440. The van der Waals surface area contributed by atoms with Crippen molar-refractivity contribution < 1.29 is 9.72 Å². The van der Waals surface area contributed by atoms with Gasteiger partial charge in [0.15, 0.2) is 0 Å². The molecular formula is C12H14N6O3. The molecule has 2 aromatic rings. The lowest BCUT2D eigenvalue weighted by Gasteiger charge is -2.08. The van der Waals surface area contributed by atoms with Gasteiger partial charge in [-0.1, -0.05) is 6.07 Å². The van der Waals surface area contributed by atoms with Crippen LogP contribution in [0.15, 0.2) is 24.3 Å². The van der Waals surface area contributed by atoms with Crippen LogP contribution in [0.3, 0.4) is 0 Å².